The Morgan fingerprint density at radius 2 is 1.56 bits per heavy atom. The van der Waals surface area contributed by atoms with Crippen molar-refractivity contribution >= 4 is 29.3 Å². The fourth-order valence-corrected chi connectivity index (χ4v) is 11.6. The minimum absolute atomic E-state index is 0.0322. The van der Waals surface area contributed by atoms with E-state index >= 15 is 0 Å². The van der Waals surface area contributed by atoms with Crippen LogP contribution in [0.3, 0.4) is 0 Å². The summed E-state index contributed by atoms with van der Waals surface area (Å²) >= 11 is 6.15. The fourth-order valence-electron chi connectivity index (χ4n) is 11.5. The molecule has 4 saturated heterocycles. The van der Waals surface area contributed by atoms with Gasteiger partial charge >= 0.3 is 5.97 Å². The van der Waals surface area contributed by atoms with E-state index in [1.54, 1.807) is 31.2 Å². The Bertz CT molecular complexity index is 1780. The topological polar surface area (TPSA) is 170 Å². The largest absolute Gasteiger partial charge is 0.481 e. The van der Waals surface area contributed by atoms with Crippen molar-refractivity contribution in [2.45, 2.75) is 199 Å². The Morgan fingerprint density at radius 3 is 2.18 bits per heavy atom. The summed E-state index contributed by atoms with van der Waals surface area (Å²) in [4.78, 5) is 40.5. The zero-order valence-corrected chi connectivity index (χ0v) is 39.4. The van der Waals surface area contributed by atoms with E-state index in [-0.39, 0.29) is 35.5 Å². The first-order chi connectivity index (χ1) is 29.2. The molecule has 62 heavy (non-hydrogen) atoms. The lowest BCUT2D eigenvalue weighted by molar-refractivity contribution is -0.397. The van der Waals surface area contributed by atoms with E-state index in [1.165, 1.54) is 0 Å². The molecule has 4 fully saturated rings. The molecule has 4 N–H and O–H groups in total. The first-order valence-corrected chi connectivity index (χ1v) is 23.9. The maximum atomic E-state index is 14.7. The molecule has 0 aromatic heterocycles. The molecule has 1 aromatic rings. The van der Waals surface area contributed by atoms with Gasteiger partial charge in [-0.3, -0.25) is 14.4 Å². The van der Waals surface area contributed by atoms with Gasteiger partial charge in [-0.15, -0.1) is 0 Å². The lowest BCUT2D eigenvalue weighted by Crippen LogP contribution is -2.65. The van der Waals surface area contributed by atoms with Crippen LogP contribution < -0.4 is 5.32 Å². The summed E-state index contributed by atoms with van der Waals surface area (Å²) in [5.41, 5.74) is -1.31. The highest BCUT2D eigenvalue weighted by atomic mass is 35.5. The molecule has 0 saturated carbocycles. The highest BCUT2D eigenvalue weighted by molar-refractivity contribution is 6.30. The summed E-state index contributed by atoms with van der Waals surface area (Å²) < 4.78 is 34.6. The van der Waals surface area contributed by atoms with Gasteiger partial charge in [0.05, 0.1) is 53.7 Å². The number of ether oxygens (including phenoxy) is 5. The number of carboxylic acids is 1. The van der Waals surface area contributed by atoms with Crippen LogP contribution in [-0.2, 0) is 33.3 Å². The molecule has 13 heteroatoms. The predicted octanol–water partition coefficient (Wildman–Crippen LogP) is 8.28. The maximum Gasteiger partial charge on any atom is 0.309 e. The smallest absolute Gasteiger partial charge is 0.309 e. The van der Waals surface area contributed by atoms with E-state index in [4.69, 9.17) is 35.3 Å². The van der Waals surface area contributed by atoms with Crippen LogP contribution in [0.25, 0.3) is 0 Å². The van der Waals surface area contributed by atoms with Gasteiger partial charge in [-0.2, -0.15) is 0 Å². The number of aliphatic carboxylic acids is 1. The van der Waals surface area contributed by atoms with Gasteiger partial charge in [0.15, 0.2) is 11.6 Å². The number of carboxylic acid groups (broad SMARTS) is 1. The van der Waals surface area contributed by atoms with Gasteiger partial charge in [0.2, 0.25) is 0 Å². The van der Waals surface area contributed by atoms with Crippen molar-refractivity contribution in [2.75, 3.05) is 0 Å². The van der Waals surface area contributed by atoms with Crippen molar-refractivity contribution in [3.8, 4) is 0 Å². The number of carbonyl (C=O) groups excluding carboxylic acids is 2. The molecular formula is C49H74ClNO11. The summed E-state index contributed by atoms with van der Waals surface area (Å²) in [6, 6.07) is 5.97. The Kier molecular flexibility index (Phi) is 15.2. The summed E-state index contributed by atoms with van der Waals surface area (Å²) in [5.74, 6) is -6.45. The molecule has 0 radical (unpaired) electrons. The number of aliphatic hydroxyl groups excluding tert-OH is 1. The molecule has 6 rings (SSSR count). The number of halogens is 1. The highest BCUT2D eigenvalue weighted by Crippen LogP contribution is 2.54. The van der Waals surface area contributed by atoms with Gasteiger partial charge in [0.25, 0.3) is 5.91 Å². The summed E-state index contributed by atoms with van der Waals surface area (Å²) in [5, 5.41) is 36.7. The third-order valence-electron chi connectivity index (χ3n) is 15.9. The van der Waals surface area contributed by atoms with E-state index < -0.39 is 89.0 Å². The molecule has 0 bridgehead atoms. The first kappa shape index (κ1) is 49.0. The fraction of sp³-hybridized carbons (Fsp3) is 0.776. The van der Waals surface area contributed by atoms with Gasteiger partial charge in [-0.1, -0.05) is 73.1 Å². The molecule has 18 atom stereocenters. The lowest BCUT2D eigenvalue weighted by atomic mass is 9.72. The molecular weight excluding hydrogens is 814 g/mol. The molecule has 1 amide bonds. The molecule has 1 aromatic carbocycles. The van der Waals surface area contributed by atoms with Crippen LogP contribution in [0.4, 0.5) is 0 Å². The Balaban J connectivity index is 1.25. The van der Waals surface area contributed by atoms with Gasteiger partial charge < -0.3 is 44.3 Å². The van der Waals surface area contributed by atoms with Gasteiger partial charge in [0.1, 0.15) is 11.8 Å². The van der Waals surface area contributed by atoms with E-state index in [0.717, 1.165) is 6.42 Å². The van der Waals surface area contributed by atoms with Crippen LogP contribution >= 0.6 is 11.6 Å². The van der Waals surface area contributed by atoms with Crippen molar-refractivity contribution in [1.29, 1.82) is 0 Å². The summed E-state index contributed by atoms with van der Waals surface area (Å²) in [6.45, 7) is 19.6. The number of carbonyl (C=O) groups is 3. The Hall–Kier alpha value is -2.42. The van der Waals surface area contributed by atoms with Gasteiger partial charge in [-0.05, 0) is 114 Å². The molecule has 5 heterocycles. The van der Waals surface area contributed by atoms with Crippen molar-refractivity contribution in [3.63, 3.8) is 0 Å². The van der Waals surface area contributed by atoms with E-state index in [9.17, 15) is 29.7 Å². The molecule has 0 aliphatic carbocycles. The van der Waals surface area contributed by atoms with Crippen molar-refractivity contribution in [1.82, 2.24) is 5.32 Å². The maximum absolute atomic E-state index is 14.7. The number of benzene rings is 1. The second-order valence-corrected chi connectivity index (χ2v) is 20.4. The van der Waals surface area contributed by atoms with Crippen LogP contribution in [0.2, 0.25) is 5.02 Å². The average Bonchev–Trinajstić information content (AvgIpc) is 3.58. The number of nitrogens with one attached hydrogen (secondary N) is 1. The number of amides is 1. The lowest BCUT2D eigenvalue weighted by Gasteiger charge is -2.55. The quantitative estimate of drug-likeness (QED) is 0.133. The normalized spacial score (nSPS) is 41.0. The molecule has 348 valence electrons. The van der Waals surface area contributed by atoms with Crippen LogP contribution in [0.15, 0.2) is 36.4 Å². The van der Waals surface area contributed by atoms with E-state index in [1.807, 2.05) is 53.7 Å². The molecule has 2 spiro atoms. The molecule has 5 aliphatic rings. The third kappa shape index (κ3) is 9.46. The second kappa shape index (κ2) is 19.2. The monoisotopic (exact) mass is 887 g/mol. The number of Topliss-reactive ketones (excluding diaryl/α,β-unsaturated/α-hetero) is 1. The third-order valence-corrected chi connectivity index (χ3v) is 16.1. The minimum atomic E-state index is -1.37. The van der Waals surface area contributed by atoms with Gasteiger partial charge in [-0.25, -0.2) is 0 Å². The van der Waals surface area contributed by atoms with Crippen molar-refractivity contribution in [3.05, 3.63) is 47.0 Å². The SMILES string of the molecule is CC[C@@H](C(=O)[C@@H](C)[C@@H](O)[C@H](C)[C@@H]1O[C@@H]([C@@H](CC)C(=O)O)CC[C@@H]1C)[C@H]1O[C@]2(C=C[C@@H](NC(=O)c3ccc(Cl)cc3)[C@]3(CC[C@@](C)([C@H]4CC[C@](O)(CC)[C@H](C)O4)O3)O2)[C@H](C)C[C@@H]1C. The van der Waals surface area contributed by atoms with E-state index in [2.05, 4.69) is 26.1 Å². The highest BCUT2D eigenvalue weighted by Gasteiger charge is 2.63. The van der Waals surface area contributed by atoms with Crippen LogP contribution in [0, 0.1) is 41.4 Å². The van der Waals surface area contributed by atoms with Gasteiger partial charge in [0, 0.05) is 40.7 Å². The summed E-state index contributed by atoms with van der Waals surface area (Å²) in [6.07, 6.45) is 6.35. The number of aliphatic hydroxyl groups is 2. The Morgan fingerprint density at radius 1 is 0.887 bits per heavy atom. The molecule has 12 nitrogen and oxygen atoms in total. The van der Waals surface area contributed by atoms with Crippen molar-refractivity contribution in [2.24, 2.45) is 41.4 Å². The zero-order chi connectivity index (χ0) is 45.5. The molecule has 0 unspecified atom stereocenters. The van der Waals surface area contributed by atoms with Crippen molar-refractivity contribution < 1.29 is 53.4 Å². The van der Waals surface area contributed by atoms with Crippen LogP contribution in [-0.4, -0.2) is 98.4 Å². The number of hydrogen-bond acceptors (Lipinski definition) is 10. The standard InChI is InChI=1S/C49H74ClNO11/c1-11-35(45(55)56)37-19-14-27(4)42(59-37)31(8)40(52)30(7)41(53)36(12-2)43-28(5)26-29(6)48(60-43)23-20-38(51-44(54)33-15-17-34(50)18-16-33)49(62-48)25-24-46(10,61-49)39-21-22-47(57,13-3)32(9)58-39/h15-18,20,23,27-32,35-40,42-43,52,57H,11-14,19,21-22,24-26H2,1-10H3,(H,51,54)(H,55,56)/t27-,28-,29+,30-,31-,32-,35+,36-,37+,38+,39+,40+,42+,43-,46-,47+,48-,49-/m0/s1. The predicted molar refractivity (Wildman–Crippen MR) is 235 cm³/mol. The summed E-state index contributed by atoms with van der Waals surface area (Å²) in [7, 11) is 0. The zero-order valence-electron chi connectivity index (χ0n) is 38.6. The second-order valence-electron chi connectivity index (χ2n) is 19.9. The Labute approximate surface area is 374 Å². The average molecular weight is 889 g/mol. The first-order valence-electron chi connectivity index (χ1n) is 23.5. The number of ketones is 1. The minimum Gasteiger partial charge on any atom is -0.481 e. The van der Waals surface area contributed by atoms with Crippen LogP contribution in [0.5, 0.6) is 0 Å². The molecule has 5 aliphatic heterocycles. The number of rotatable bonds is 14. The number of hydrogen-bond donors (Lipinski definition) is 4. The van der Waals surface area contributed by atoms with E-state index in [0.29, 0.717) is 68.4 Å². The van der Waals surface area contributed by atoms with Crippen LogP contribution in [0.1, 0.15) is 144 Å².